The van der Waals surface area contributed by atoms with E-state index in [1.165, 1.54) is 18.3 Å². The lowest BCUT2D eigenvalue weighted by molar-refractivity contribution is 0.477. The number of phenolic OH excluding ortho intramolecular Hbond substituents is 1. The van der Waals surface area contributed by atoms with Gasteiger partial charge in [0.1, 0.15) is 11.4 Å². The molecule has 0 aliphatic carbocycles. The fourth-order valence-corrected chi connectivity index (χ4v) is 1.57. The molecule has 0 saturated carbocycles. The van der Waals surface area contributed by atoms with Gasteiger partial charge in [-0.1, -0.05) is 23.2 Å². The molecule has 0 spiro atoms. The highest BCUT2D eigenvalue weighted by Crippen LogP contribution is 2.38. The van der Waals surface area contributed by atoms with Gasteiger partial charge in [-0.2, -0.15) is 0 Å². The minimum absolute atomic E-state index is 0.00454. The van der Waals surface area contributed by atoms with Gasteiger partial charge in [-0.3, -0.25) is 0 Å². The zero-order valence-electron chi connectivity index (χ0n) is 7.35. The van der Waals surface area contributed by atoms with E-state index < -0.39 is 0 Å². The van der Waals surface area contributed by atoms with Gasteiger partial charge in [-0.15, -0.1) is 10.2 Å². The molecule has 0 bridgehead atoms. The van der Waals surface area contributed by atoms with Crippen LogP contribution in [-0.2, 0) is 0 Å². The van der Waals surface area contributed by atoms with Crippen LogP contribution in [0.25, 0.3) is 11.3 Å². The number of hydrogen-bond donors (Lipinski definition) is 1. The van der Waals surface area contributed by atoms with Gasteiger partial charge in [0.25, 0.3) is 0 Å². The van der Waals surface area contributed by atoms with Crippen LogP contribution in [-0.4, -0.2) is 20.5 Å². The Hall–Kier alpha value is -1.39. The molecule has 15 heavy (non-hydrogen) atoms. The smallest absolute Gasteiger partial charge is 0.126 e. The van der Waals surface area contributed by atoms with E-state index >= 15 is 0 Å². The van der Waals surface area contributed by atoms with Crippen molar-refractivity contribution in [3.8, 4) is 17.0 Å². The maximum Gasteiger partial charge on any atom is 0.126 e. The van der Waals surface area contributed by atoms with Crippen molar-refractivity contribution < 1.29 is 5.11 Å². The van der Waals surface area contributed by atoms with Crippen LogP contribution in [0.4, 0.5) is 0 Å². The van der Waals surface area contributed by atoms with Crippen molar-refractivity contribution >= 4 is 23.2 Å². The highest BCUT2D eigenvalue weighted by molar-refractivity contribution is 6.43. The predicted molar refractivity (Wildman–Crippen MR) is 56.9 cm³/mol. The highest BCUT2D eigenvalue weighted by atomic mass is 35.5. The maximum atomic E-state index is 9.64. The summed E-state index contributed by atoms with van der Waals surface area (Å²) in [6.07, 6.45) is 1.46. The summed E-state index contributed by atoms with van der Waals surface area (Å²) in [6.45, 7) is 0. The predicted octanol–water partition coefficient (Wildman–Crippen LogP) is 2.55. The van der Waals surface area contributed by atoms with Crippen molar-refractivity contribution in [2.75, 3.05) is 0 Å². The average Bonchev–Trinajstić information content (AvgIpc) is 2.26. The summed E-state index contributed by atoms with van der Waals surface area (Å²) in [6, 6.07) is 4.55. The van der Waals surface area contributed by atoms with Crippen molar-refractivity contribution in [1.29, 1.82) is 0 Å². The first-order valence-electron chi connectivity index (χ1n) is 4.02. The topological polar surface area (TPSA) is 58.9 Å². The molecule has 0 aliphatic heterocycles. The molecule has 0 radical (unpaired) electrons. The largest absolute Gasteiger partial charge is 0.507 e. The first-order chi connectivity index (χ1) is 7.20. The lowest BCUT2D eigenvalue weighted by Gasteiger charge is -2.06. The molecule has 6 heteroatoms. The number of aromatic hydroxyl groups is 1. The van der Waals surface area contributed by atoms with Gasteiger partial charge in [0, 0.05) is 0 Å². The quantitative estimate of drug-likeness (QED) is 0.834. The molecule has 1 aromatic carbocycles. The summed E-state index contributed by atoms with van der Waals surface area (Å²) in [5.41, 5.74) is 0.786. The van der Waals surface area contributed by atoms with Gasteiger partial charge >= 0.3 is 0 Å². The number of nitrogens with zero attached hydrogens (tertiary/aromatic N) is 3. The van der Waals surface area contributed by atoms with E-state index in [1.807, 2.05) is 0 Å². The standard InChI is InChI=1S/C9H5Cl2N3O/c10-5-1-2-7(15)8(9(5)11)6-3-4-12-14-13-6/h1-4,15H. The SMILES string of the molecule is Oc1ccc(Cl)c(Cl)c1-c1ccnnn1. The molecule has 0 fully saturated rings. The lowest BCUT2D eigenvalue weighted by atomic mass is 10.1. The molecule has 4 nitrogen and oxygen atoms in total. The summed E-state index contributed by atoms with van der Waals surface area (Å²) in [5, 5.41) is 21.0. The Morgan fingerprint density at radius 1 is 1.13 bits per heavy atom. The van der Waals surface area contributed by atoms with Crippen molar-refractivity contribution in [3.63, 3.8) is 0 Å². The number of aromatic nitrogens is 3. The van der Waals surface area contributed by atoms with Gasteiger partial charge in [0.05, 0.1) is 21.8 Å². The van der Waals surface area contributed by atoms with Gasteiger partial charge in [0.2, 0.25) is 0 Å². The van der Waals surface area contributed by atoms with Crippen LogP contribution in [0.1, 0.15) is 0 Å². The Bertz CT molecular complexity index is 490. The third-order valence-corrected chi connectivity index (χ3v) is 2.64. The number of benzene rings is 1. The molecular formula is C9H5Cl2N3O. The molecule has 0 atom stereocenters. The van der Waals surface area contributed by atoms with Gasteiger partial charge in [-0.05, 0) is 23.4 Å². The summed E-state index contributed by atoms with van der Waals surface area (Å²) in [4.78, 5) is 0. The molecule has 1 heterocycles. The van der Waals surface area contributed by atoms with Gasteiger partial charge in [-0.25, -0.2) is 0 Å². The fourth-order valence-electron chi connectivity index (χ4n) is 1.16. The normalized spacial score (nSPS) is 10.3. The summed E-state index contributed by atoms with van der Waals surface area (Å²) in [5.74, 6) is 0.00454. The molecule has 0 amide bonds. The van der Waals surface area contributed by atoms with E-state index in [-0.39, 0.29) is 10.8 Å². The van der Waals surface area contributed by atoms with E-state index in [0.717, 1.165) is 0 Å². The average molecular weight is 242 g/mol. The van der Waals surface area contributed by atoms with Gasteiger partial charge in [0.15, 0.2) is 0 Å². The second kappa shape index (κ2) is 4.00. The van der Waals surface area contributed by atoms with Crippen LogP contribution in [0.3, 0.4) is 0 Å². The Kier molecular flexibility index (Phi) is 2.70. The fraction of sp³-hybridized carbons (Fsp3) is 0. The van der Waals surface area contributed by atoms with Crippen LogP contribution in [0, 0.1) is 0 Å². The molecule has 1 N–H and O–H groups in total. The van der Waals surface area contributed by atoms with E-state index in [9.17, 15) is 5.11 Å². The van der Waals surface area contributed by atoms with E-state index in [1.54, 1.807) is 6.07 Å². The molecule has 0 aliphatic rings. The number of halogens is 2. The van der Waals surface area contributed by atoms with Crippen molar-refractivity contribution in [2.45, 2.75) is 0 Å². The van der Waals surface area contributed by atoms with E-state index in [2.05, 4.69) is 15.4 Å². The summed E-state index contributed by atoms with van der Waals surface area (Å²) < 4.78 is 0. The van der Waals surface area contributed by atoms with Crippen LogP contribution in [0.15, 0.2) is 24.4 Å². The highest BCUT2D eigenvalue weighted by Gasteiger charge is 2.13. The minimum atomic E-state index is 0.00454. The van der Waals surface area contributed by atoms with E-state index in [0.29, 0.717) is 16.3 Å². The Labute approximate surface area is 95.5 Å². The van der Waals surface area contributed by atoms with Crippen molar-refractivity contribution in [3.05, 3.63) is 34.4 Å². The summed E-state index contributed by atoms with van der Waals surface area (Å²) in [7, 11) is 0. The number of hydrogen-bond acceptors (Lipinski definition) is 4. The van der Waals surface area contributed by atoms with Crippen LogP contribution < -0.4 is 0 Å². The Morgan fingerprint density at radius 3 is 2.60 bits per heavy atom. The number of phenols is 1. The molecular weight excluding hydrogens is 237 g/mol. The second-order valence-corrected chi connectivity index (χ2v) is 3.55. The monoisotopic (exact) mass is 241 g/mol. The first-order valence-corrected chi connectivity index (χ1v) is 4.77. The lowest BCUT2D eigenvalue weighted by Crippen LogP contribution is -1.90. The van der Waals surface area contributed by atoms with Crippen molar-refractivity contribution in [1.82, 2.24) is 15.4 Å². The van der Waals surface area contributed by atoms with Crippen LogP contribution >= 0.6 is 23.2 Å². The molecule has 2 rings (SSSR count). The molecule has 2 aromatic rings. The summed E-state index contributed by atoms with van der Waals surface area (Å²) >= 11 is 11.8. The number of rotatable bonds is 1. The Balaban J connectivity index is 2.68. The van der Waals surface area contributed by atoms with Crippen molar-refractivity contribution in [2.24, 2.45) is 0 Å². The zero-order chi connectivity index (χ0) is 10.8. The molecule has 0 unspecified atom stereocenters. The zero-order valence-corrected chi connectivity index (χ0v) is 8.87. The second-order valence-electron chi connectivity index (χ2n) is 2.76. The third-order valence-electron chi connectivity index (χ3n) is 1.83. The third kappa shape index (κ3) is 1.86. The first kappa shape index (κ1) is 10.1. The molecule has 1 aromatic heterocycles. The van der Waals surface area contributed by atoms with Gasteiger partial charge < -0.3 is 5.11 Å². The van der Waals surface area contributed by atoms with E-state index in [4.69, 9.17) is 23.2 Å². The molecule has 76 valence electrons. The Morgan fingerprint density at radius 2 is 1.93 bits per heavy atom. The van der Waals surface area contributed by atoms with Crippen LogP contribution in [0.5, 0.6) is 5.75 Å². The minimum Gasteiger partial charge on any atom is -0.507 e. The maximum absolute atomic E-state index is 9.64. The molecule has 0 saturated heterocycles. The van der Waals surface area contributed by atoms with Crippen LogP contribution in [0.2, 0.25) is 10.0 Å².